The summed E-state index contributed by atoms with van der Waals surface area (Å²) in [6.07, 6.45) is 5.04. The molecule has 2 aromatic rings. The molecule has 1 aliphatic rings. The number of ether oxygens (including phenoxy) is 1. The molecule has 1 aliphatic carbocycles. The van der Waals surface area contributed by atoms with E-state index in [1.165, 1.54) is 12.0 Å². The number of hydrogen-bond donors (Lipinski definition) is 2. The number of hydrogen-bond acceptors (Lipinski definition) is 5. The molecular weight excluding hydrogens is 392 g/mol. The van der Waals surface area contributed by atoms with E-state index >= 15 is 0 Å². The van der Waals surface area contributed by atoms with Crippen molar-refractivity contribution >= 4 is 39.6 Å². The Morgan fingerprint density at radius 2 is 2.29 bits per heavy atom. The molecule has 152 valence electrons. The zero-order valence-electron chi connectivity index (χ0n) is 17.1. The van der Waals surface area contributed by atoms with Gasteiger partial charge in [0.05, 0.1) is 24.4 Å². The fraction of sp³-hybridized carbons (Fsp3) is 0.550. The van der Waals surface area contributed by atoms with Gasteiger partial charge in [-0.25, -0.2) is 4.79 Å². The van der Waals surface area contributed by atoms with Gasteiger partial charge in [-0.15, -0.1) is 11.3 Å². The smallest absolute Gasteiger partial charge is 0.341 e. The van der Waals surface area contributed by atoms with Gasteiger partial charge in [-0.2, -0.15) is 5.10 Å². The number of nitrogens with zero attached hydrogens (tertiary/aromatic N) is 2. The molecule has 0 bridgehead atoms. The van der Waals surface area contributed by atoms with Gasteiger partial charge in [0.2, 0.25) is 0 Å². The van der Waals surface area contributed by atoms with Crippen LogP contribution in [0.5, 0.6) is 0 Å². The Morgan fingerprint density at radius 3 is 2.93 bits per heavy atom. The minimum Gasteiger partial charge on any atom is -0.465 e. The summed E-state index contributed by atoms with van der Waals surface area (Å²) < 4.78 is 6.96. The second-order valence-corrected chi connectivity index (χ2v) is 8.91. The largest absolute Gasteiger partial charge is 0.465 e. The van der Waals surface area contributed by atoms with E-state index in [2.05, 4.69) is 36.5 Å². The average Bonchev–Trinajstić information content (AvgIpc) is 3.20. The van der Waals surface area contributed by atoms with E-state index in [0.717, 1.165) is 47.6 Å². The normalized spacial score (nSPS) is 17.0. The number of aryl methyl sites for hydroxylation is 2. The fourth-order valence-electron chi connectivity index (χ4n) is 3.69. The number of carbonyl (C=O) groups excluding carboxylic acids is 1. The maximum Gasteiger partial charge on any atom is 0.341 e. The number of rotatable bonds is 5. The SMILES string of the molecule is CCn1cc(C(C)NC(=S)Nc2sc3c(c2C(=O)OC)CCC(C)C3)c(C)n1. The molecule has 8 heteroatoms. The van der Waals surface area contributed by atoms with Crippen LogP contribution in [0.3, 0.4) is 0 Å². The van der Waals surface area contributed by atoms with Crippen LogP contribution in [0.1, 0.15) is 65.3 Å². The number of thiocarbonyl (C=S) groups is 1. The van der Waals surface area contributed by atoms with Gasteiger partial charge in [0, 0.05) is 23.2 Å². The number of thiophene rings is 1. The highest BCUT2D eigenvalue weighted by Gasteiger charge is 2.28. The summed E-state index contributed by atoms with van der Waals surface area (Å²) in [7, 11) is 1.43. The minimum absolute atomic E-state index is 0.0106. The second kappa shape index (κ2) is 8.61. The lowest BCUT2D eigenvalue weighted by Crippen LogP contribution is -2.31. The standard InChI is InChI=1S/C20H28N4O2S2/c1-6-24-10-15(13(4)23-24)12(3)21-20(27)22-18-17(19(25)26-5)14-8-7-11(2)9-16(14)28-18/h10-12H,6-9H2,1-5H3,(H2,21,22,27). The van der Waals surface area contributed by atoms with Crippen molar-refractivity contribution in [2.75, 3.05) is 12.4 Å². The van der Waals surface area contributed by atoms with Crippen LogP contribution in [0, 0.1) is 12.8 Å². The number of nitrogens with one attached hydrogen (secondary N) is 2. The van der Waals surface area contributed by atoms with Gasteiger partial charge in [0.25, 0.3) is 0 Å². The highest BCUT2D eigenvalue weighted by molar-refractivity contribution is 7.80. The summed E-state index contributed by atoms with van der Waals surface area (Å²) >= 11 is 7.16. The van der Waals surface area contributed by atoms with Gasteiger partial charge in [-0.05, 0) is 63.7 Å². The van der Waals surface area contributed by atoms with Gasteiger partial charge in [0.1, 0.15) is 5.00 Å². The zero-order chi connectivity index (χ0) is 20.4. The first kappa shape index (κ1) is 20.8. The van der Waals surface area contributed by atoms with Gasteiger partial charge < -0.3 is 15.4 Å². The summed E-state index contributed by atoms with van der Waals surface area (Å²) in [4.78, 5) is 13.7. The van der Waals surface area contributed by atoms with E-state index in [0.29, 0.717) is 16.6 Å². The molecule has 3 rings (SSSR count). The van der Waals surface area contributed by atoms with Crippen LogP contribution in [0.15, 0.2) is 6.20 Å². The molecule has 2 atom stereocenters. The monoisotopic (exact) mass is 420 g/mol. The first-order chi connectivity index (χ1) is 13.3. The lowest BCUT2D eigenvalue weighted by molar-refractivity contribution is 0.0601. The van der Waals surface area contributed by atoms with Crippen LogP contribution < -0.4 is 10.6 Å². The summed E-state index contributed by atoms with van der Waals surface area (Å²) in [5.74, 6) is 0.332. The van der Waals surface area contributed by atoms with Crippen molar-refractivity contribution in [1.82, 2.24) is 15.1 Å². The molecule has 2 unspecified atom stereocenters. The van der Waals surface area contributed by atoms with Crippen LogP contribution in [0.2, 0.25) is 0 Å². The zero-order valence-corrected chi connectivity index (χ0v) is 18.7. The van der Waals surface area contributed by atoms with Crippen molar-refractivity contribution in [3.8, 4) is 0 Å². The lowest BCUT2D eigenvalue weighted by atomic mass is 9.88. The predicted molar refractivity (Wildman–Crippen MR) is 117 cm³/mol. The summed E-state index contributed by atoms with van der Waals surface area (Å²) in [5, 5.41) is 12.3. The van der Waals surface area contributed by atoms with Gasteiger partial charge in [0.15, 0.2) is 5.11 Å². The van der Waals surface area contributed by atoms with E-state index in [-0.39, 0.29) is 12.0 Å². The number of methoxy groups -OCH3 is 1. The maximum absolute atomic E-state index is 12.4. The molecular formula is C20H28N4O2S2. The molecule has 0 radical (unpaired) electrons. The number of anilines is 1. The highest BCUT2D eigenvalue weighted by atomic mass is 32.1. The Balaban J connectivity index is 1.78. The van der Waals surface area contributed by atoms with E-state index in [4.69, 9.17) is 17.0 Å². The van der Waals surface area contributed by atoms with Crippen LogP contribution >= 0.6 is 23.6 Å². The molecule has 0 fully saturated rings. The van der Waals surface area contributed by atoms with E-state index < -0.39 is 0 Å². The fourth-order valence-corrected chi connectivity index (χ4v) is 5.44. The Bertz CT molecular complexity index is 887. The third-order valence-electron chi connectivity index (χ3n) is 5.25. The molecule has 0 spiro atoms. The third kappa shape index (κ3) is 4.22. The third-order valence-corrected chi connectivity index (χ3v) is 6.64. The summed E-state index contributed by atoms with van der Waals surface area (Å²) in [6.45, 7) is 9.20. The molecule has 0 saturated heterocycles. The first-order valence-corrected chi connectivity index (χ1v) is 10.9. The van der Waals surface area contributed by atoms with Gasteiger partial charge in [-0.1, -0.05) is 6.92 Å². The Hall–Kier alpha value is -1.93. The van der Waals surface area contributed by atoms with Gasteiger partial charge in [-0.3, -0.25) is 4.68 Å². The molecule has 2 N–H and O–H groups in total. The van der Waals surface area contributed by atoms with E-state index in [1.807, 2.05) is 17.8 Å². The maximum atomic E-state index is 12.4. The average molecular weight is 421 g/mol. The Morgan fingerprint density at radius 1 is 1.54 bits per heavy atom. The minimum atomic E-state index is -0.300. The Kier molecular flexibility index (Phi) is 6.40. The molecule has 2 heterocycles. The van der Waals surface area contributed by atoms with Crippen LogP contribution in [0.4, 0.5) is 5.00 Å². The molecule has 0 amide bonds. The quantitative estimate of drug-likeness (QED) is 0.557. The molecule has 28 heavy (non-hydrogen) atoms. The summed E-state index contributed by atoms with van der Waals surface area (Å²) in [5.41, 5.74) is 3.86. The topological polar surface area (TPSA) is 68.2 Å². The van der Waals surface area contributed by atoms with Crippen LogP contribution in [0.25, 0.3) is 0 Å². The van der Waals surface area contributed by atoms with Crippen molar-refractivity contribution in [3.63, 3.8) is 0 Å². The van der Waals surface area contributed by atoms with Crippen molar-refractivity contribution in [2.45, 2.75) is 59.5 Å². The number of carbonyl (C=O) groups is 1. The van der Waals surface area contributed by atoms with Crippen molar-refractivity contribution < 1.29 is 9.53 Å². The van der Waals surface area contributed by atoms with Crippen molar-refractivity contribution in [1.29, 1.82) is 0 Å². The molecule has 0 aromatic carbocycles. The highest BCUT2D eigenvalue weighted by Crippen LogP contribution is 2.40. The van der Waals surface area contributed by atoms with E-state index in [9.17, 15) is 4.79 Å². The molecule has 0 saturated carbocycles. The summed E-state index contributed by atoms with van der Waals surface area (Å²) in [6, 6.07) is 0.0106. The lowest BCUT2D eigenvalue weighted by Gasteiger charge is -2.18. The van der Waals surface area contributed by atoms with Crippen LogP contribution in [-0.4, -0.2) is 28.0 Å². The molecule has 6 nitrogen and oxygen atoms in total. The number of esters is 1. The predicted octanol–water partition coefficient (Wildman–Crippen LogP) is 4.23. The second-order valence-electron chi connectivity index (χ2n) is 7.39. The number of fused-ring (bicyclic) bond motifs is 1. The number of aromatic nitrogens is 2. The van der Waals surface area contributed by atoms with Crippen molar-refractivity contribution in [3.05, 3.63) is 33.5 Å². The molecule has 2 aromatic heterocycles. The van der Waals surface area contributed by atoms with Crippen LogP contribution in [-0.2, 0) is 24.1 Å². The van der Waals surface area contributed by atoms with E-state index in [1.54, 1.807) is 11.3 Å². The Labute approximate surface area is 175 Å². The first-order valence-electron chi connectivity index (χ1n) is 9.68. The van der Waals surface area contributed by atoms with Gasteiger partial charge >= 0.3 is 5.97 Å². The molecule has 0 aliphatic heterocycles. The van der Waals surface area contributed by atoms with Crippen molar-refractivity contribution in [2.24, 2.45) is 5.92 Å².